The van der Waals surface area contributed by atoms with Crippen molar-refractivity contribution in [3.05, 3.63) is 35.9 Å². The minimum absolute atomic E-state index is 0.117. The van der Waals surface area contributed by atoms with Crippen molar-refractivity contribution < 1.29 is 23.8 Å². The van der Waals surface area contributed by atoms with E-state index in [1.807, 2.05) is 56.0 Å². The molecular weight excluding hydrogens is 348 g/mol. The number of carbonyl (C=O) groups is 2. The first-order valence-corrected chi connectivity index (χ1v) is 9.21. The molecule has 1 N–H and O–H groups in total. The Morgan fingerprint density at radius 2 is 1.93 bits per heavy atom. The van der Waals surface area contributed by atoms with Gasteiger partial charge in [-0.15, -0.1) is 0 Å². The monoisotopic (exact) mass is 378 g/mol. The minimum atomic E-state index is -0.567. The summed E-state index contributed by atoms with van der Waals surface area (Å²) >= 11 is 0. The van der Waals surface area contributed by atoms with Crippen molar-refractivity contribution in [1.82, 2.24) is 10.2 Å². The molecule has 27 heavy (non-hydrogen) atoms. The fourth-order valence-electron chi connectivity index (χ4n) is 2.99. The summed E-state index contributed by atoms with van der Waals surface area (Å²) < 4.78 is 16.1. The Kier molecular flexibility index (Phi) is 7.62. The van der Waals surface area contributed by atoms with Gasteiger partial charge in [0, 0.05) is 20.2 Å². The number of hydrogen-bond acceptors (Lipinski definition) is 6. The van der Waals surface area contributed by atoms with Gasteiger partial charge in [0.15, 0.2) is 0 Å². The van der Waals surface area contributed by atoms with E-state index in [9.17, 15) is 9.59 Å². The molecule has 1 fully saturated rings. The molecule has 1 aliphatic rings. The van der Waals surface area contributed by atoms with Crippen molar-refractivity contribution in [2.45, 2.75) is 51.5 Å². The van der Waals surface area contributed by atoms with Gasteiger partial charge in [-0.25, -0.2) is 4.79 Å². The number of ether oxygens (including phenoxy) is 3. The van der Waals surface area contributed by atoms with Crippen molar-refractivity contribution in [3.8, 4) is 0 Å². The number of benzene rings is 1. The number of likely N-dealkylation sites (tertiary alicyclic amines) is 1. The molecule has 1 aliphatic heterocycles. The summed E-state index contributed by atoms with van der Waals surface area (Å²) in [5, 5.41) is 2.86. The van der Waals surface area contributed by atoms with Crippen LogP contribution in [0.5, 0.6) is 0 Å². The minimum Gasteiger partial charge on any atom is -0.460 e. The van der Waals surface area contributed by atoms with Gasteiger partial charge in [-0.1, -0.05) is 30.3 Å². The molecular formula is C20H30N2O5. The highest BCUT2D eigenvalue weighted by Crippen LogP contribution is 2.15. The second-order valence-corrected chi connectivity index (χ2v) is 7.70. The van der Waals surface area contributed by atoms with Crippen LogP contribution in [0.2, 0.25) is 0 Å². The maximum atomic E-state index is 12.1. The SMILES string of the molecule is COC1CCN(CC(=O)OCc2ccccc2)CC1NC(=O)OC(C)(C)C. The van der Waals surface area contributed by atoms with Crippen LogP contribution in [0.15, 0.2) is 30.3 Å². The molecule has 0 spiro atoms. The van der Waals surface area contributed by atoms with Gasteiger partial charge in [0.25, 0.3) is 0 Å². The topological polar surface area (TPSA) is 77.1 Å². The van der Waals surface area contributed by atoms with Crippen LogP contribution < -0.4 is 5.32 Å². The summed E-state index contributed by atoms with van der Waals surface area (Å²) in [4.78, 5) is 26.2. The number of alkyl carbamates (subject to hydrolysis) is 1. The van der Waals surface area contributed by atoms with Crippen LogP contribution >= 0.6 is 0 Å². The maximum Gasteiger partial charge on any atom is 0.408 e. The molecule has 150 valence electrons. The zero-order valence-corrected chi connectivity index (χ0v) is 16.6. The Hall–Kier alpha value is -2.12. The molecule has 1 aromatic rings. The first kappa shape index (κ1) is 21.2. The molecule has 2 rings (SSSR count). The first-order chi connectivity index (χ1) is 12.8. The van der Waals surface area contributed by atoms with Crippen molar-refractivity contribution >= 4 is 12.1 Å². The summed E-state index contributed by atoms with van der Waals surface area (Å²) in [7, 11) is 1.62. The molecule has 0 radical (unpaired) electrons. The van der Waals surface area contributed by atoms with Crippen LogP contribution in [-0.2, 0) is 25.6 Å². The van der Waals surface area contributed by atoms with Crippen molar-refractivity contribution in [1.29, 1.82) is 0 Å². The molecule has 7 heteroatoms. The number of esters is 1. The lowest BCUT2D eigenvalue weighted by Gasteiger charge is -2.37. The lowest BCUT2D eigenvalue weighted by molar-refractivity contribution is -0.147. The van der Waals surface area contributed by atoms with E-state index in [1.54, 1.807) is 7.11 Å². The quantitative estimate of drug-likeness (QED) is 0.766. The maximum absolute atomic E-state index is 12.1. The summed E-state index contributed by atoms with van der Waals surface area (Å²) in [5.41, 5.74) is 0.385. The Morgan fingerprint density at radius 3 is 2.56 bits per heavy atom. The van der Waals surface area contributed by atoms with Crippen LogP contribution in [0.25, 0.3) is 0 Å². The Morgan fingerprint density at radius 1 is 1.22 bits per heavy atom. The molecule has 0 bridgehead atoms. The summed E-state index contributed by atoms with van der Waals surface area (Å²) in [6, 6.07) is 9.32. The number of nitrogens with zero attached hydrogens (tertiary/aromatic N) is 1. The molecule has 0 saturated carbocycles. The highest BCUT2D eigenvalue weighted by Gasteiger charge is 2.32. The second kappa shape index (κ2) is 9.71. The van der Waals surface area contributed by atoms with E-state index in [2.05, 4.69) is 5.32 Å². The van der Waals surface area contributed by atoms with E-state index in [0.717, 1.165) is 5.56 Å². The van der Waals surface area contributed by atoms with E-state index in [0.29, 0.717) is 19.5 Å². The highest BCUT2D eigenvalue weighted by atomic mass is 16.6. The average molecular weight is 378 g/mol. The number of hydrogen-bond donors (Lipinski definition) is 1. The molecule has 1 amide bonds. The number of rotatable bonds is 6. The van der Waals surface area contributed by atoms with E-state index in [4.69, 9.17) is 14.2 Å². The normalized spacial score (nSPS) is 20.7. The van der Waals surface area contributed by atoms with Gasteiger partial charge in [0.05, 0.1) is 18.7 Å². The van der Waals surface area contributed by atoms with Gasteiger partial charge in [-0.2, -0.15) is 0 Å². The van der Waals surface area contributed by atoms with Crippen molar-refractivity contribution in [3.63, 3.8) is 0 Å². The molecule has 2 unspecified atom stereocenters. The summed E-state index contributed by atoms with van der Waals surface area (Å²) in [5.74, 6) is -0.286. The van der Waals surface area contributed by atoms with Crippen LogP contribution in [0.3, 0.4) is 0 Å². The molecule has 0 aliphatic carbocycles. The van der Waals surface area contributed by atoms with Gasteiger partial charge in [-0.3, -0.25) is 9.69 Å². The van der Waals surface area contributed by atoms with Gasteiger partial charge < -0.3 is 19.5 Å². The van der Waals surface area contributed by atoms with Gasteiger partial charge in [0.2, 0.25) is 0 Å². The lowest BCUT2D eigenvalue weighted by atomic mass is 10.0. The third kappa shape index (κ3) is 7.56. The summed E-state index contributed by atoms with van der Waals surface area (Å²) in [6.45, 7) is 7.08. The van der Waals surface area contributed by atoms with Gasteiger partial charge in [-0.05, 0) is 32.8 Å². The Bertz CT molecular complexity index is 615. The van der Waals surface area contributed by atoms with Crippen LogP contribution in [0.1, 0.15) is 32.8 Å². The molecule has 1 aromatic carbocycles. The highest BCUT2D eigenvalue weighted by molar-refractivity contribution is 5.71. The molecule has 1 saturated heterocycles. The molecule has 0 aromatic heterocycles. The van der Waals surface area contributed by atoms with E-state index >= 15 is 0 Å². The number of nitrogens with one attached hydrogen (secondary N) is 1. The van der Waals surface area contributed by atoms with Crippen LogP contribution in [-0.4, -0.2) is 61.5 Å². The fraction of sp³-hybridized carbons (Fsp3) is 0.600. The third-order valence-electron chi connectivity index (χ3n) is 4.23. The van der Waals surface area contributed by atoms with Crippen LogP contribution in [0.4, 0.5) is 4.79 Å². The molecule has 7 nitrogen and oxygen atoms in total. The smallest absolute Gasteiger partial charge is 0.408 e. The number of piperidine rings is 1. The van der Waals surface area contributed by atoms with Gasteiger partial charge in [0.1, 0.15) is 12.2 Å². The predicted octanol–water partition coefficient (Wildman–Crippen LogP) is 2.34. The Labute approximate surface area is 161 Å². The summed E-state index contributed by atoms with van der Waals surface area (Å²) in [6.07, 6.45) is 0.111. The fourth-order valence-corrected chi connectivity index (χ4v) is 2.99. The number of carbonyl (C=O) groups excluding carboxylic acids is 2. The van der Waals surface area contributed by atoms with Crippen LogP contribution in [0, 0.1) is 0 Å². The zero-order chi connectivity index (χ0) is 19.9. The van der Waals surface area contributed by atoms with E-state index in [-0.39, 0.29) is 31.3 Å². The number of amides is 1. The Balaban J connectivity index is 1.83. The van der Waals surface area contributed by atoms with Gasteiger partial charge >= 0.3 is 12.1 Å². The molecule has 2 atom stereocenters. The van der Waals surface area contributed by atoms with Crippen molar-refractivity contribution in [2.24, 2.45) is 0 Å². The second-order valence-electron chi connectivity index (χ2n) is 7.70. The molecule has 1 heterocycles. The average Bonchev–Trinajstić information content (AvgIpc) is 2.59. The standard InChI is InChI=1S/C20H30N2O5/c1-20(2,3)27-19(24)21-16-12-22(11-10-17(16)25-4)13-18(23)26-14-15-8-6-5-7-9-15/h5-9,16-17H,10-14H2,1-4H3,(H,21,24). The van der Waals surface area contributed by atoms with E-state index < -0.39 is 11.7 Å². The first-order valence-electron chi connectivity index (χ1n) is 9.21. The van der Waals surface area contributed by atoms with Crippen molar-refractivity contribution in [2.75, 3.05) is 26.7 Å². The number of methoxy groups -OCH3 is 1. The third-order valence-corrected chi connectivity index (χ3v) is 4.23. The largest absolute Gasteiger partial charge is 0.460 e. The predicted molar refractivity (Wildman–Crippen MR) is 101 cm³/mol. The lowest BCUT2D eigenvalue weighted by Crippen LogP contribution is -2.57. The zero-order valence-electron chi connectivity index (χ0n) is 16.6. The van der Waals surface area contributed by atoms with E-state index in [1.165, 1.54) is 0 Å².